The molecule has 5 heteroatoms. The van der Waals surface area contributed by atoms with Crippen LogP contribution in [0, 0.1) is 0 Å². The number of hydrogen-bond acceptors (Lipinski definition) is 3. The molecule has 3 N–H and O–H groups in total. The summed E-state index contributed by atoms with van der Waals surface area (Å²) in [5.41, 5.74) is 9.01. The zero-order valence-electron chi connectivity index (χ0n) is 15.0. The summed E-state index contributed by atoms with van der Waals surface area (Å²) in [6.45, 7) is 2.93. The molecule has 0 radical (unpaired) electrons. The van der Waals surface area contributed by atoms with Gasteiger partial charge in [-0.3, -0.25) is 9.69 Å². The number of hydrogen-bond donors (Lipinski definition) is 2. The van der Waals surface area contributed by atoms with Gasteiger partial charge in [0.05, 0.1) is 0 Å². The first-order chi connectivity index (χ1) is 12.6. The molecule has 1 aliphatic heterocycles. The number of rotatable bonds is 6. The zero-order valence-corrected chi connectivity index (χ0v) is 15.7. The summed E-state index contributed by atoms with van der Waals surface area (Å²) >= 11 is 5.93. The number of piperidine rings is 1. The van der Waals surface area contributed by atoms with Gasteiger partial charge in [-0.1, -0.05) is 41.9 Å². The molecule has 0 aliphatic carbocycles. The van der Waals surface area contributed by atoms with Crippen LogP contribution in [0.1, 0.15) is 30.4 Å². The Morgan fingerprint density at radius 1 is 1.12 bits per heavy atom. The van der Waals surface area contributed by atoms with Crippen molar-refractivity contribution in [3.8, 4) is 0 Å². The lowest BCUT2D eigenvalue weighted by Crippen LogP contribution is -2.44. The number of amides is 1. The van der Waals surface area contributed by atoms with E-state index >= 15 is 0 Å². The fraction of sp³-hybridized carbons (Fsp3) is 0.381. The van der Waals surface area contributed by atoms with E-state index in [-0.39, 0.29) is 11.9 Å². The molecule has 0 unspecified atom stereocenters. The minimum absolute atomic E-state index is 0.115. The SMILES string of the molecule is Nc1ccccc1CCC(=O)NC1CCN(Cc2ccc(Cl)cc2)CC1. The first kappa shape index (κ1) is 18.7. The van der Waals surface area contributed by atoms with Gasteiger partial charge >= 0.3 is 0 Å². The molecule has 26 heavy (non-hydrogen) atoms. The minimum atomic E-state index is 0.115. The fourth-order valence-electron chi connectivity index (χ4n) is 3.39. The Morgan fingerprint density at radius 3 is 2.50 bits per heavy atom. The van der Waals surface area contributed by atoms with Gasteiger partial charge in [0.15, 0.2) is 0 Å². The summed E-state index contributed by atoms with van der Waals surface area (Å²) in [6, 6.07) is 16.0. The number of nitrogen functional groups attached to an aromatic ring is 1. The molecular formula is C21H26ClN3O. The monoisotopic (exact) mass is 371 g/mol. The van der Waals surface area contributed by atoms with Crippen LogP contribution in [0.15, 0.2) is 48.5 Å². The van der Waals surface area contributed by atoms with Gasteiger partial charge < -0.3 is 11.1 Å². The molecule has 0 aromatic heterocycles. The highest BCUT2D eigenvalue weighted by Gasteiger charge is 2.20. The molecule has 1 fully saturated rings. The molecule has 1 aliphatic rings. The molecular weight excluding hydrogens is 346 g/mol. The summed E-state index contributed by atoms with van der Waals surface area (Å²) in [5, 5.41) is 3.95. The Bertz CT molecular complexity index is 724. The van der Waals surface area contributed by atoms with Crippen LogP contribution < -0.4 is 11.1 Å². The summed E-state index contributed by atoms with van der Waals surface area (Å²) in [7, 11) is 0. The molecule has 0 spiro atoms. The van der Waals surface area contributed by atoms with E-state index in [0.29, 0.717) is 12.8 Å². The van der Waals surface area contributed by atoms with Crippen LogP contribution >= 0.6 is 11.6 Å². The van der Waals surface area contributed by atoms with Crippen LogP contribution in [0.3, 0.4) is 0 Å². The summed E-state index contributed by atoms with van der Waals surface area (Å²) in [5.74, 6) is 0.115. The molecule has 1 heterocycles. The topological polar surface area (TPSA) is 58.4 Å². The largest absolute Gasteiger partial charge is 0.399 e. The normalized spacial score (nSPS) is 15.7. The van der Waals surface area contributed by atoms with Gasteiger partial charge in [-0.05, 0) is 48.6 Å². The Morgan fingerprint density at radius 2 is 1.81 bits per heavy atom. The number of carbonyl (C=O) groups excluding carboxylic acids is 1. The van der Waals surface area contributed by atoms with Crippen LogP contribution in [-0.2, 0) is 17.8 Å². The molecule has 0 atom stereocenters. The van der Waals surface area contributed by atoms with Crippen molar-refractivity contribution in [2.45, 2.75) is 38.3 Å². The van der Waals surface area contributed by atoms with E-state index in [4.69, 9.17) is 17.3 Å². The second-order valence-corrected chi connectivity index (χ2v) is 7.38. The predicted molar refractivity (Wildman–Crippen MR) is 107 cm³/mol. The predicted octanol–water partition coefficient (Wildman–Crippen LogP) is 3.64. The van der Waals surface area contributed by atoms with Crippen LogP contribution in [0.4, 0.5) is 5.69 Å². The number of nitrogens with two attached hydrogens (primary N) is 1. The third-order valence-corrected chi connectivity index (χ3v) is 5.20. The van der Waals surface area contributed by atoms with Gasteiger partial charge in [0.1, 0.15) is 0 Å². The van der Waals surface area contributed by atoms with Crippen molar-refractivity contribution in [1.29, 1.82) is 0 Å². The number of nitrogens with zero attached hydrogens (tertiary/aromatic N) is 1. The van der Waals surface area contributed by atoms with Gasteiger partial charge in [0, 0.05) is 42.8 Å². The lowest BCUT2D eigenvalue weighted by atomic mass is 10.0. The average molecular weight is 372 g/mol. The van der Waals surface area contributed by atoms with Gasteiger partial charge in [0.25, 0.3) is 0 Å². The molecule has 1 amide bonds. The number of nitrogens with one attached hydrogen (secondary N) is 1. The number of benzene rings is 2. The van der Waals surface area contributed by atoms with Gasteiger partial charge in [-0.2, -0.15) is 0 Å². The van der Waals surface area contributed by atoms with E-state index in [1.54, 1.807) is 0 Å². The van der Waals surface area contributed by atoms with Gasteiger partial charge in [0.2, 0.25) is 5.91 Å². The molecule has 3 rings (SSSR count). The molecule has 1 saturated heterocycles. The van der Waals surface area contributed by atoms with Crippen LogP contribution in [-0.4, -0.2) is 29.9 Å². The van der Waals surface area contributed by atoms with Crippen molar-refractivity contribution in [1.82, 2.24) is 10.2 Å². The van der Waals surface area contributed by atoms with Gasteiger partial charge in [-0.15, -0.1) is 0 Å². The van der Waals surface area contributed by atoms with Crippen LogP contribution in [0.2, 0.25) is 5.02 Å². The van der Waals surface area contributed by atoms with Crippen molar-refractivity contribution >= 4 is 23.2 Å². The Balaban J connectivity index is 1.38. The van der Waals surface area contributed by atoms with E-state index in [1.807, 2.05) is 36.4 Å². The molecule has 0 bridgehead atoms. The van der Waals surface area contributed by atoms with Crippen molar-refractivity contribution in [2.24, 2.45) is 0 Å². The molecule has 4 nitrogen and oxygen atoms in total. The Kier molecular flexibility index (Phi) is 6.53. The van der Waals surface area contributed by atoms with Crippen molar-refractivity contribution < 1.29 is 4.79 Å². The van der Waals surface area contributed by atoms with E-state index in [9.17, 15) is 4.79 Å². The Labute approximate surface area is 160 Å². The first-order valence-electron chi connectivity index (χ1n) is 9.20. The molecule has 2 aromatic carbocycles. The highest BCUT2D eigenvalue weighted by molar-refractivity contribution is 6.30. The second-order valence-electron chi connectivity index (χ2n) is 6.94. The maximum absolute atomic E-state index is 12.2. The van der Waals surface area contributed by atoms with Gasteiger partial charge in [-0.25, -0.2) is 0 Å². The van der Waals surface area contributed by atoms with Crippen molar-refractivity contribution in [3.05, 3.63) is 64.7 Å². The number of carbonyl (C=O) groups is 1. The number of anilines is 1. The Hall–Kier alpha value is -2.04. The van der Waals surface area contributed by atoms with E-state index < -0.39 is 0 Å². The summed E-state index contributed by atoms with van der Waals surface area (Å²) in [4.78, 5) is 14.6. The standard InChI is InChI=1S/C21H26ClN3O/c22-18-8-5-16(6-9-18)15-25-13-11-19(12-14-25)24-21(26)10-7-17-3-1-2-4-20(17)23/h1-6,8-9,19H,7,10-15,23H2,(H,24,26). The zero-order chi connectivity index (χ0) is 18.4. The third-order valence-electron chi connectivity index (χ3n) is 4.95. The number of para-hydroxylation sites is 1. The van der Waals surface area contributed by atoms with Crippen LogP contribution in [0.25, 0.3) is 0 Å². The van der Waals surface area contributed by atoms with E-state index in [1.165, 1.54) is 5.56 Å². The smallest absolute Gasteiger partial charge is 0.220 e. The van der Waals surface area contributed by atoms with Crippen molar-refractivity contribution in [2.75, 3.05) is 18.8 Å². The second kappa shape index (κ2) is 9.06. The molecule has 0 saturated carbocycles. The number of aryl methyl sites for hydroxylation is 1. The quantitative estimate of drug-likeness (QED) is 0.762. The van der Waals surface area contributed by atoms with Crippen LogP contribution in [0.5, 0.6) is 0 Å². The summed E-state index contributed by atoms with van der Waals surface area (Å²) in [6.07, 6.45) is 3.16. The highest BCUT2D eigenvalue weighted by atomic mass is 35.5. The number of likely N-dealkylation sites (tertiary alicyclic amines) is 1. The maximum atomic E-state index is 12.2. The maximum Gasteiger partial charge on any atom is 0.220 e. The van der Waals surface area contributed by atoms with E-state index in [0.717, 1.165) is 48.7 Å². The van der Waals surface area contributed by atoms with Crippen molar-refractivity contribution in [3.63, 3.8) is 0 Å². The highest BCUT2D eigenvalue weighted by Crippen LogP contribution is 2.17. The lowest BCUT2D eigenvalue weighted by Gasteiger charge is -2.32. The summed E-state index contributed by atoms with van der Waals surface area (Å²) < 4.78 is 0. The molecule has 2 aromatic rings. The van der Waals surface area contributed by atoms with E-state index in [2.05, 4.69) is 22.3 Å². The minimum Gasteiger partial charge on any atom is -0.399 e. The third kappa shape index (κ3) is 5.48. The lowest BCUT2D eigenvalue weighted by molar-refractivity contribution is -0.122. The molecule has 138 valence electrons. The number of halogens is 1. The fourth-order valence-corrected chi connectivity index (χ4v) is 3.52. The first-order valence-corrected chi connectivity index (χ1v) is 9.57. The average Bonchev–Trinajstić information content (AvgIpc) is 2.64.